The Morgan fingerprint density at radius 1 is 1.08 bits per heavy atom. The van der Waals surface area contributed by atoms with Gasteiger partial charge in [-0.15, -0.1) is 16.4 Å². The van der Waals surface area contributed by atoms with Gasteiger partial charge < -0.3 is 4.90 Å². The van der Waals surface area contributed by atoms with E-state index in [1.54, 1.807) is 4.68 Å². The molecule has 0 spiro atoms. The molecule has 3 heterocycles. The number of aromatic nitrogens is 4. The quantitative estimate of drug-likeness (QED) is 0.762. The van der Waals surface area contributed by atoms with Crippen LogP contribution >= 0.6 is 11.3 Å². The zero-order valence-electron chi connectivity index (χ0n) is 14.2. The molecule has 4 rings (SSSR count). The number of carbonyl (C=O) groups excluding carboxylic acids is 1. The molecule has 1 aliphatic heterocycles. The highest BCUT2D eigenvalue weighted by molar-refractivity contribution is 7.14. The molecule has 0 aliphatic carbocycles. The topological polar surface area (TPSA) is 79.2 Å². The summed E-state index contributed by atoms with van der Waals surface area (Å²) in [5.74, 6) is 0.799. The second-order valence-electron chi connectivity index (χ2n) is 6.01. The monoisotopic (exact) mass is 369 g/mol. The molecular weight excluding hydrogens is 350 g/mol. The molecule has 26 heavy (non-hydrogen) atoms. The number of nitrogens with zero attached hydrogens (tertiary/aromatic N) is 6. The van der Waals surface area contributed by atoms with Gasteiger partial charge in [0.1, 0.15) is 0 Å². The maximum atomic E-state index is 12.3. The molecule has 1 N–H and O–H groups in total. The molecule has 9 heteroatoms. The van der Waals surface area contributed by atoms with Crippen LogP contribution in [0.4, 0.5) is 9.80 Å². The highest BCUT2D eigenvalue weighted by Crippen LogP contribution is 2.16. The minimum atomic E-state index is -0.0405. The number of piperazine rings is 1. The fourth-order valence-corrected chi connectivity index (χ4v) is 3.52. The van der Waals surface area contributed by atoms with Crippen molar-refractivity contribution in [3.8, 4) is 5.69 Å². The maximum absolute atomic E-state index is 12.3. The maximum Gasteiger partial charge on any atom is 0.322 e. The van der Waals surface area contributed by atoms with Crippen LogP contribution < -0.4 is 5.32 Å². The van der Waals surface area contributed by atoms with E-state index in [0.29, 0.717) is 19.6 Å². The standard InChI is InChI=1S/C17H19N7OS/c25-17(18-16-7-4-12-26-16)23-10-8-22(9-11-23)13-15-19-20-21-24(15)14-5-2-1-3-6-14/h1-7,12H,8-11,13H2,(H,18,25). The average molecular weight is 369 g/mol. The van der Waals surface area contributed by atoms with Gasteiger partial charge in [-0.2, -0.15) is 4.68 Å². The zero-order chi connectivity index (χ0) is 17.8. The molecule has 1 fully saturated rings. The third-order valence-corrected chi connectivity index (χ3v) is 5.10. The van der Waals surface area contributed by atoms with E-state index in [-0.39, 0.29) is 6.03 Å². The summed E-state index contributed by atoms with van der Waals surface area (Å²) in [5.41, 5.74) is 0.946. The summed E-state index contributed by atoms with van der Waals surface area (Å²) in [6.45, 7) is 3.61. The lowest BCUT2D eigenvalue weighted by atomic mass is 10.3. The molecule has 1 saturated heterocycles. The lowest BCUT2D eigenvalue weighted by Gasteiger charge is -2.34. The first-order valence-electron chi connectivity index (χ1n) is 8.44. The van der Waals surface area contributed by atoms with E-state index in [1.807, 2.05) is 52.7 Å². The lowest BCUT2D eigenvalue weighted by molar-refractivity contribution is 0.140. The van der Waals surface area contributed by atoms with Gasteiger partial charge in [0.2, 0.25) is 0 Å². The van der Waals surface area contributed by atoms with Crippen molar-refractivity contribution in [1.82, 2.24) is 30.0 Å². The number of rotatable bonds is 4. The number of thiophene rings is 1. The van der Waals surface area contributed by atoms with Gasteiger partial charge in [0.15, 0.2) is 5.82 Å². The number of amides is 2. The number of para-hydroxylation sites is 1. The molecule has 0 unspecified atom stereocenters. The lowest BCUT2D eigenvalue weighted by Crippen LogP contribution is -2.49. The smallest absolute Gasteiger partial charge is 0.322 e. The van der Waals surface area contributed by atoms with Crippen molar-refractivity contribution in [3.63, 3.8) is 0 Å². The van der Waals surface area contributed by atoms with Crippen LogP contribution in [0.2, 0.25) is 0 Å². The third-order valence-electron chi connectivity index (χ3n) is 4.31. The molecule has 0 bridgehead atoms. The first-order chi connectivity index (χ1) is 12.8. The Balaban J connectivity index is 1.33. The number of nitrogens with one attached hydrogen (secondary N) is 1. The SMILES string of the molecule is O=C(Nc1cccs1)N1CCN(Cc2nnnn2-c2ccccc2)CC1. The number of benzene rings is 1. The van der Waals surface area contributed by atoms with Gasteiger partial charge >= 0.3 is 6.03 Å². The van der Waals surface area contributed by atoms with Crippen molar-refractivity contribution in [2.24, 2.45) is 0 Å². The third kappa shape index (κ3) is 3.73. The number of anilines is 1. The van der Waals surface area contributed by atoms with E-state index in [2.05, 4.69) is 25.7 Å². The number of tetrazole rings is 1. The van der Waals surface area contributed by atoms with Crippen LogP contribution in [0.25, 0.3) is 5.69 Å². The Hall–Kier alpha value is -2.78. The predicted molar refractivity (Wildman–Crippen MR) is 99.3 cm³/mol. The summed E-state index contributed by atoms with van der Waals surface area (Å²) in [7, 11) is 0. The van der Waals surface area contributed by atoms with E-state index < -0.39 is 0 Å². The van der Waals surface area contributed by atoms with Crippen LogP contribution in [0, 0.1) is 0 Å². The minimum Gasteiger partial charge on any atom is -0.322 e. The summed E-state index contributed by atoms with van der Waals surface area (Å²) >= 11 is 1.52. The Kier molecular flexibility index (Phi) is 4.89. The van der Waals surface area contributed by atoms with Crippen molar-refractivity contribution in [1.29, 1.82) is 0 Å². The highest BCUT2D eigenvalue weighted by atomic mass is 32.1. The molecule has 1 aliphatic rings. The van der Waals surface area contributed by atoms with Crippen LogP contribution in [-0.4, -0.2) is 62.2 Å². The fraction of sp³-hybridized carbons (Fsp3) is 0.294. The van der Waals surface area contributed by atoms with Gasteiger partial charge in [0, 0.05) is 26.2 Å². The summed E-state index contributed by atoms with van der Waals surface area (Å²) in [6, 6.07) is 13.6. The Labute approximate surface area is 155 Å². The van der Waals surface area contributed by atoms with Crippen molar-refractivity contribution in [2.75, 3.05) is 31.5 Å². The first kappa shape index (κ1) is 16.7. The molecular formula is C17H19N7OS. The summed E-state index contributed by atoms with van der Waals surface area (Å²) < 4.78 is 1.76. The zero-order valence-corrected chi connectivity index (χ0v) is 15.0. The molecule has 0 radical (unpaired) electrons. The molecule has 2 amide bonds. The minimum absolute atomic E-state index is 0.0405. The number of hydrogen-bond acceptors (Lipinski definition) is 6. The van der Waals surface area contributed by atoms with Gasteiger partial charge in [-0.1, -0.05) is 18.2 Å². The van der Waals surface area contributed by atoms with Crippen molar-refractivity contribution in [3.05, 3.63) is 53.7 Å². The van der Waals surface area contributed by atoms with Crippen molar-refractivity contribution < 1.29 is 4.79 Å². The summed E-state index contributed by atoms with van der Waals surface area (Å²) in [5, 5.41) is 17.8. The number of hydrogen-bond donors (Lipinski definition) is 1. The van der Waals surface area contributed by atoms with Crippen LogP contribution in [0.15, 0.2) is 47.8 Å². The normalized spacial score (nSPS) is 15.2. The molecule has 8 nitrogen and oxygen atoms in total. The molecule has 1 aromatic carbocycles. The highest BCUT2D eigenvalue weighted by Gasteiger charge is 2.23. The number of carbonyl (C=O) groups is 1. The Morgan fingerprint density at radius 3 is 2.62 bits per heavy atom. The summed E-state index contributed by atoms with van der Waals surface area (Å²) in [4.78, 5) is 16.4. The van der Waals surface area contributed by atoms with Crippen LogP contribution in [0.1, 0.15) is 5.82 Å². The van der Waals surface area contributed by atoms with Gasteiger partial charge in [0.25, 0.3) is 0 Å². The Bertz CT molecular complexity index is 841. The van der Waals surface area contributed by atoms with Gasteiger partial charge in [0.05, 0.1) is 17.2 Å². The fourth-order valence-electron chi connectivity index (χ4n) is 2.92. The van der Waals surface area contributed by atoms with E-state index in [9.17, 15) is 4.79 Å². The van der Waals surface area contributed by atoms with E-state index >= 15 is 0 Å². The molecule has 3 aromatic rings. The van der Waals surface area contributed by atoms with Crippen molar-refractivity contribution in [2.45, 2.75) is 6.54 Å². The van der Waals surface area contributed by atoms with Gasteiger partial charge in [-0.05, 0) is 40.1 Å². The summed E-state index contributed by atoms with van der Waals surface area (Å²) in [6.07, 6.45) is 0. The second-order valence-corrected chi connectivity index (χ2v) is 6.96. The average Bonchev–Trinajstić information content (AvgIpc) is 3.35. The Morgan fingerprint density at radius 2 is 1.88 bits per heavy atom. The molecule has 0 atom stereocenters. The van der Waals surface area contributed by atoms with E-state index in [4.69, 9.17) is 0 Å². The van der Waals surface area contributed by atoms with Crippen LogP contribution in [0.3, 0.4) is 0 Å². The van der Waals surface area contributed by atoms with E-state index in [1.165, 1.54) is 11.3 Å². The molecule has 134 valence electrons. The second kappa shape index (κ2) is 7.63. The van der Waals surface area contributed by atoms with Crippen molar-refractivity contribution >= 4 is 22.4 Å². The van der Waals surface area contributed by atoms with Crippen LogP contribution in [0.5, 0.6) is 0 Å². The van der Waals surface area contributed by atoms with E-state index in [0.717, 1.165) is 29.6 Å². The largest absolute Gasteiger partial charge is 0.322 e. The van der Waals surface area contributed by atoms with Gasteiger partial charge in [-0.3, -0.25) is 10.2 Å². The van der Waals surface area contributed by atoms with Crippen LogP contribution in [-0.2, 0) is 6.54 Å². The molecule has 2 aromatic heterocycles. The first-order valence-corrected chi connectivity index (χ1v) is 9.32. The number of urea groups is 1. The predicted octanol–water partition coefficient (Wildman–Crippen LogP) is 2.07. The van der Waals surface area contributed by atoms with Gasteiger partial charge in [-0.25, -0.2) is 4.79 Å². The molecule has 0 saturated carbocycles.